The number of hydrogen-bond acceptors (Lipinski definition) is 4. The van der Waals surface area contributed by atoms with Crippen molar-refractivity contribution in [3.8, 4) is 21.7 Å². The number of benzene rings is 3. The summed E-state index contributed by atoms with van der Waals surface area (Å²) in [4.78, 5) is 12.5. The first-order valence-corrected chi connectivity index (χ1v) is 9.38. The van der Waals surface area contributed by atoms with E-state index in [0.29, 0.717) is 10.7 Å². The molecule has 27 heavy (non-hydrogen) atoms. The van der Waals surface area contributed by atoms with Crippen molar-refractivity contribution >= 4 is 22.4 Å². The van der Waals surface area contributed by atoms with Crippen LogP contribution in [0.3, 0.4) is 0 Å². The van der Waals surface area contributed by atoms with Crippen molar-refractivity contribution < 1.29 is 4.79 Å². The fourth-order valence-corrected chi connectivity index (χ4v) is 3.52. The lowest BCUT2D eigenvalue weighted by Gasteiger charge is -2.04. The molecule has 4 nitrogen and oxygen atoms in total. The van der Waals surface area contributed by atoms with E-state index in [1.54, 1.807) is 0 Å². The first kappa shape index (κ1) is 17.1. The topological polar surface area (TPSA) is 54.9 Å². The third-order valence-corrected chi connectivity index (χ3v) is 5.05. The SMILES string of the molecule is Cc1cccc(-c2nnc(NC(=O)c3ccc(-c4ccccc4)cc3)s2)c1. The predicted molar refractivity (Wildman–Crippen MR) is 110 cm³/mol. The molecular weight excluding hydrogens is 354 g/mol. The molecule has 1 amide bonds. The van der Waals surface area contributed by atoms with E-state index < -0.39 is 0 Å². The van der Waals surface area contributed by atoms with E-state index in [-0.39, 0.29) is 5.91 Å². The first-order valence-electron chi connectivity index (χ1n) is 8.56. The van der Waals surface area contributed by atoms with E-state index in [1.807, 2.05) is 79.7 Å². The molecule has 132 valence electrons. The molecule has 0 spiro atoms. The zero-order valence-electron chi connectivity index (χ0n) is 14.7. The van der Waals surface area contributed by atoms with Crippen molar-refractivity contribution in [1.82, 2.24) is 10.2 Å². The second-order valence-corrected chi connectivity index (χ2v) is 7.16. The minimum Gasteiger partial charge on any atom is -0.296 e. The Morgan fingerprint density at radius 3 is 2.26 bits per heavy atom. The van der Waals surface area contributed by atoms with Crippen LogP contribution in [0.5, 0.6) is 0 Å². The second-order valence-electron chi connectivity index (χ2n) is 6.18. The Labute approximate surface area is 161 Å². The number of rotatable bonds is 4. The smallest absolute Gasteiger partial charge is 0.257 e. The summed E-state index contributed by atoms with van der Waals surface area (Å²) in [5.74, 6) is -0.193. The maximum absolute atomic E-state index is 12.5. The summed E-state index contributed by atoms with van der Waals surface area (Å²) in [7, 11) is 0. The van der Waals surface area contributed by atoms with Crippen molar-refractivity contribution in [3.05, 3.63) is 90.0 Å². The van der Waals surface area contributed by atoms with E-state index in [9.17, 15) is 4.79 Å². The van der Waals surface area contributed by atoms with E-state index in [0.717, 1.165) is 27.3 Å². The quantitative estimate of drug-likeness (QED) is 0.520. The molecule has 0 atom stereocenters. The van der Waals surface area contributed by atoms with Crippen LogP contribution in [0.25, 0.3) is 21.7 Å². The van der Waals surface area contributed by atoms with Gasteiger partial charge in [0.25, 0.3) is 5.91 Å². The Morgan fingerprint density at radius 1 is 0.815 bits per heavy atom. The van der Waals surface area contributed by atoms with Gasteiger partial charge in [-0.1, -0.05) is 77.6 Å². The summed E-state index contributed by atoms with van der Waals surface area (Å²) in [5.41, 5.74) is 4.94. The van der Waals surface area contributed by atoms with Crippen LogP contribution in [-0.4, -0.2) is 16.1 Å². The third kappa shape index (κ3) is 3.93. The number of anilines is 1. The van der Waals surface area contributed by atoms with Crippen molar-refractivity contribution in [2.45, 2.75) is 6.92 Å². The minimum absolute atomic E-state index is 0.193. The fourth-order valence-electron chi connectivity index (χ4n) is 2.78. The number of carbonyl (C=O) groups excluding carboxylic acids is 1. The number of aryl methyl sites for hydroxylation is 1. The van der Waals surface area contributed by atoms with Gasteiger partial charge in [0.05, 0.1) is 0 Å². The van der Waals surface area contributed by atoms with Gasteiger partial charge in [-0.05, 0) is 36.2 Å². The normalized spacial score (nSPS) is 10.6. The highest BCUT2D eigenvalue weighted by molar-refractivity contribution is 7.18. The molecule has 0 aliphatic carbocycles. The zero-order chi connectivity index (χ0) is 18.6. The van der Waals surface area contributed by atoms with Crippen LogP contribution in [0.2, 0.25) is 0 Å². The first-order chi connectivity index (χ1) is 13.2. The van der Waals surface area contributed by atoms with Crippen molar-refractivity contribution in [3.63, 3.8) is 0 Å². The van der Waals surface area contributed by atoms with Gasteiger partial charge >= 0.3 is 0 Å². The van der Waals surface area contributed by atoms with Crippen LogP contribution < -0.4 is 5.32 Å². The molecule has 3 aromatic carbocycles. The Bertz CT molecular complexity index is 1070. The van der Waals surface area contributed by atoms with Crippen LogP contribution in [0, 0.1) is 6.92 Å². The van der Waals surface area contributed by atoms with Gasteiger partial charge in [-0.2, -0.15) is 0 Å². The highest BCUT2D eigenvalue weighted by Crippen LogP contribution is 2.27. The molecule has 4 aromatic rings. The Morgan fingerprint density at radius 2 is 1.52 bits per heavy atom. The van der Waals surface area contributed by atoms with E-state index in [2.05, 4.69) is 21.6 Å². The highest BCUT2D eigenvalue weighted by Gasteiger charge is 2.11. The van der Waals surface area contributed by atoms with Crippen molar-refractivity contribution in [2.24, 2.45) is 0 Å². The molecule has 0 unspecified atom stereocenters. The fraction of sp³-hybridized carbons (Fsp3) is 0.0455. The lowest BCUT2D eigenvalue weighted by Crippen LogP contribution is -2.11. The highest BCUT2D eigenvalue weighted by atomic mass is 32.1. The lowest BCUT2D eigenvalue weighted by atomic mass is 10.0. The van der Waals surface area contributed by atoms with E-state index >= 15 is 0 Å². The Hall–Kier alpha value is -3.31. The average Bonchev–Trinajstić information content (AvgIpc) is 3.17. The number of amides is 1. The summed E-state index contributed by atoms with van der Waals surface area (Å²) in [6.07, 6.45) is 0. The number of carbonyl (C=O) groups is 1. The minimum atomic E-state index is -0.193. The molecule has 1 N–H and O–H groups in total. The van der Waals surface area contributed by atoms with Gasteiger partial charge in [0, 0.05) is 11.1 Å². The third-order valence-electron chi connectivity index (χ3n) is 4.16. The molecule has 4 rings (SSSR count). The largest absolute Gasteiger partial charge is 0.296 e. The molecule has 0 bridgehead atoms. The van der Waals surface area contributed by atoms with Crippen LogP contribution in [0.4, 0.5) is 5.13 Å². The molecular formula is C22H17N3OS. The number of nitrogens with one attached hydrogen (secondary N) is 1. The Balaban J connectivity index is 1.48. The molecule has 0 saturated carbocycles. The monoisotopic (exact) mass is 371 g/mol. The summed E-state index contributed by atoms with van der Waals surface area (Å²) in [5, 5.41) is 12.4. The van der Waals surface area contributed by atoms with Gasteiger partial charge in [-0.25, -0.2) is 0 Å². The predicted octanol–water partition coefficient (Wildman–Crippen LogP) is 5.43. The number of nitrogens with zero attached hydrogens (tertiary/aromatic N) is 2. The lowest BCUT2D eigenvalue weighted by molar-refractivity contribution is 0.102. The van der Waals surface area contributed by atoms with Gasteiger partial charge < -0.3 is 0 Å². The van der Waals surface area contributed by atoms with Crippen LogP contribution in [0.15, 0.2) is 78.9 Å². The summed E-state index contributed by atoms with van der Waals surface area (Å²) >= 11 is 1.36. The molecule has 0 saturated heterocycles. The average molecular weight is 371 g/mol. The van der Waals surface area contributed by atoms with Crippen LogP contribution in [0.1, 0.15) is 15.9 Å². The van der Waals surface area contributed by atoms with Crippen molar-refractivity contribution in [2.75, 3.05) is 5.32 Å². The van der Waals surface area contributed by atoms with Gasteiger partial charge in [0.1, 0.15) is 5.01 Å². The second kappa shape index (κ2) is 7.51. The van der Waals surface area contributed by atoms with E-state index in [4.69, 9.17) is 0 Å². The standard InChI is InChI=1S/C22H17N3OS/c1-15-6-5-9-19(14-15)21-24-25-22(27-21)23-20(26)18-12-10-17(11-13-18)16-7-3-2-4-8-16/h2-14H,1H3,(H,23,25,26). The van der Waals surface area contributed by atoms with Gasteiger partial charge in [0.2, 0.25) is 5.13 Å². The molecule has 0 radical (unpaired) electrons. The number of aromatic nitrogens is 2. The zero-order valence-corrected chi connectivity index (χ0v) is 15.5. The molecule has 0 fully saturated rings. The summed E-state index contributed by atoms with van der Waals surface area (Å²) < 4.78 is 0. The van der Waals surface area contributed by atoms with Gasteiger partial charge in [-0.3, -0.25) is 10.1 Å². The molecule has 5 heteroatoms. The molecule has 0 aliphatic heterocycles. The molecule has 1 heterocycles. The van der Waals surface area contributed by atoms with Crippen LogP contribution in [-0.2, 0) is 0 Å². The van der Waals surface area contributed by atoms with E-state index in [1.165, 1.54) is 11.3 Å². The molecule has 1 aromatic heterocycles. The summed E-state index contributed by atoms with van der Waals surface area (Å²) in [6.45, 7) is 2.03. The Kier molecular flexibility index (Phi) is 4.77. The maximum atomic E-state index is 12.5. The van der Waals surface area contributed by atoms with Gasteiger partial charge in [0.15, 0.2) is 0 Å². The van der Waals surface area contributed by atoms with Crippen molar-refractivity contribution in [1.29, 1.82) is 0 Å². The molecule has 0 aliphatic rings. The van der Waals surface area contributed by atoms with Gasteiger partial charge in [-0.15, -0.1) is 10.2 Å². The summed E-state index contributed by atoms with van der Waals surface area (Å²) in [6, 6.07) is 25.7. The van der Waals surface area contributed by atoms with Crippen LogP contribution >= 0.6 is 11.3 Å². The maximum Gasteiger partial charge on any atom is 0.257 e. The number of hydrogen-bond donors (Lipinski definition) is 1.